The van der Waals surface area contributed by atoms with Gasteiger partial charge in [0.25, 0.3) is 31.6 Å². The van der Waals surface area contributed by atoms with Crippen LogP contribution in [0.5, 0.6) is 29.3 Å². The zero-order valence-corrected chi connectivity index (χ0v) is 47.8. The van der Waals surface area contributed by atoms with Crippen LogP contribution in [-0.4, -0.2) is 141 Å². The summed E-state index contributed by atoms with van der Waals surface area (Å²) >= 11 is 5.81. The van der Waals surface area contributed by atoms with Gasteiger partial charge in [-0.15, -0.1) is 0 Å². The highest BCUT2D eigenvalue weighted by molar-refractivity contribution is 7.90. The Balaban J connectivity index is 0.000000277. The van der Waals surface area contributed by atoms with Gasteiger partial charge >= 0.3 is 42.4 Å². The number of rotatable bonds is 19. The van der Waals surface area contributed by atoms with Gasteiger partial charge in [0, 0.05) is 38.8 Å². The molecule has 6 aromatic rings. The maximum Gasteiger partial charge on any atom is 0.416 e. The van der Waals surface area contributed by atoms with E-state index in [1.807, 2.05) is 0 Å². The largest absolute Gasteiger partial charge is 0.481 e. The van der Waals surface area contributed by atoms with Gasteiger partial charge in [0.05, 0.1) is 60.0 Å². The maximum atomic E-state index is 12.7. The Kier molecular flexibility index (Phi) is 24.1. The first kappa shape index (κ1) is 68.7. The number of nitrogens with one attached hydrogen (secondary N) is 4. The van der Waals surface area contributed by atoms with E-state index in [4.69, 9.17) is 35.3 Å². The van der Waals surface area contributed by atoms with E-state index in [2.05, 4.69) is 45.3 Å². The van der Waals surface area contributed by atoms with Crippen LogP contribution in [0.1, 0.15) is 51.0 Å². The summed E-state index contributed by atoms with van der Waals surface area (Å²) in [6, 6.07) is 12.1. The molecule has 0 aliphatic rings. The van der Waals surface area contributed by atoms with E-state index < -0.39 is 113 Å². The number of ether oxygens (including phenoxy) is 6. The van der Waals surface area contributed by atoms with E-state index in [1.165, 1.54) is 96.8 Å². The molecule has 29 nitrogen and oxygen atoms in total. The lowest BCUT2D eigenvalue weighted by Crippen LogP contribution is -2.36. The summed E-state index contributed by atoms with van der Waals surface area (Å²) < 4.78 is 158. The number of benzene rings is 3. The summed E-state index contributed by atoms with van der Waals surface area (Å²) in [7, 11) is -1.99. The Bertz CT molecular complexity index is 3680. The molecule has 0 radical (unpaired) electrons. The molecule has 6 rings (SSSR count). The Hall–Kier alpha value is -9.78. The number of amides is 5. The zero-order valence-electron chi connectivity index (χ0n) is 45.4. The number of halogens is 7. The second kappa shape index (κ2) is 30.2. The molecule has 3 heterocycles. The highest BCUT2D eigenvalue weighted by Gasteiger charge is 2.33. The van der Waals surface area contributed by atoms with Crippen LogP contribution in [0.2, 0.25) is 5.02 Å². The van der Waals surface area contributed by atoms with E-state index in [9.17, 15) is 77.3 Å². The molecule has 5 amide bonds. The molecule has 462 valence electrons. The average Bonchev–Trinajstić information content (AvgIpc) is 1.58. The molecule has 3 aromatic heterocycles. The minimum atomic E-state index is -4.61. The average molecular weight is 1280 g/mol. The molecule has 0 unspecified atom stereocenters. The standard InChI is InChI=1S/C18H13ClF3NO7.C15H16F3N5O4S.C15H18N6O6S/c1-2-28-16(24)9-29-17(25)12-8-11(4-5-14(12)23(26)27)30-15-6-3-10(7-13(15)19)18(20,21)22;1-9-19-12(22-14(20-9)27-2)21-13(24)23-28(25,26)11-6-4-3-5-10(11)7-8-15(16,17)18;1-21(2)13(22)9-6-5-7-16-12(9)28(24,25)20-15(23)19-14-17-10(26-3)8-11(18-14)27-4/h3-8H,2,9H2,1H3;3-6H,7-8H2,1-2H3,(H2,19,20,21,22,23,24);5-8H,1-4H3,(H2,17,18,19,20,23). The Labute approximate surface area is 488 Å². The monoisotopic (exact) mass is 1280 g/mol. The molecule has 0 aliphatic carbocycles. The lowest BCUT2D eigenvalue weighted by Gasteiger charge is -2.14. The molecule has 3 aromatic carbocycles. The first-order valence-electron chi connectivity index (χ1n) is 23.6. The summed E-state index contributed by atoms with van der Waals surface area (Å²) in [4.78, 5) is 93.6. The number of hydrogen-bond donors (Lipinski definition) is 4. The molecular weight excluding hydrogens is 1230 g/mol. The van der Waals surface area contributed by atoms with Crippen molar-refractivity contribution in [2.75, 3.05) is 59.3 Å². The normalized spacial score (nSPS) is 11.1. The van der Waals surface area contributed by atoms with Crippen molar-refractivity contribution in [3.8, 4) is 29.3 Å². The van der Waals surface area contributed by atoms with Gasteiger partial charge in [0.2, 0.25) is 23.7 Å². The number of carbonyl (C=O) groups is 5. The number of pyridine rings is 1. The molecule has 0 aliphatic heterocycles. The number of urea groups is 2. The predicted molar refractivity (Wildman–Crippen MR) is 285 cm³/mol. The Morgan fingerprint density at radius 2 is 1.35 bits per heavy atom. The van der Waals surface area contributed by atoms with Crippen LogP contribution in [-0.2, 0) is 46.9 Å². The van der Waals surface area contributed by atoms with Gasteiger partial charge in [0.15, 0.2) is 11.6 Å². The topological polar surface area (TPSA) is 381 Å². The fraction of sp³-hybridized carbons (Fsp3) is 0.271. The molecule has 4 N–H and O–H groups in total. The molecule has 0 atom stereocenters. The molecule has 86 heavy (non-hydrogen) atoms. The van der Waals surface area contributed by atoms with Crippen molar-refractivity contribution in [3.05, 3.63) is 128 Å². The third kappa shape index (κ3) is 20.8. The van der Waals surface area contributed by atoms with Gasteiger partial charge in [-0.1, -0.05) is 29.8 Å². The molecule has 0 fully saturated rings. The number of carbonyl (C=O) groups excluding carboxylic acids is 5. The van der Waals surface area contributed by atoms with Crippen molar-refractivity contribution in [2.24, 2.45) is 0 Å². The first-order valence-corrected chi connectivity index (χ1v) is 26.9. The summed E-state index contributed by atoms with van der Waals surface area (Å²) in [5.41, 5.74) is -2.42. The number of aryl methyl sites for hydroxylation is 2. The SMILES string of the molecule is CCOC(=O)COC(=O)c1cc(Oc2ccc(C(F)(F)F)cc2Cl)ccc1[N+](=O)[O-].COc1cc(OC)nc(NC(=O)NS(=O)(=O)c2ncccc2C(=O)N(C)C)n1.COc1nc(C)nc(NC(=O)NS(=O)(=O)c2ccccc2CCC(F)(F)F)n1. The van der Waals surface area contributed by atoms with Crippen LogP contribution in [0.3, 0.4) is 0 Å². The van der Waals surface area contributed by atoms with Crippen molar-refractivity contribution in [3.63, 3.8) is 0 Å². The van der Waals surface area contributed by atoms with Crippen LogP contribution in [0.25, 0.3) is 0 Å². The number of hydrogen-bond acceptors (Lipinski definition) is 23. The number of nitro groups is 1. The van der Waals surface area contributed by atoms with Gasteiger partial charge in [-0.05, 0) is 68.3 Å². The van der Waals surface area contributed by atoms with Crippen LogP contribution in [0.15, 0.2) is 95.0 Å². The van der Waals surface area contributed by atoms with E-state index in [0.29, 0.717) is 6.07 Å². The van der Waals surface area contributed by atoms with E-state index in [-0.39, 0.29) is 69.7 Å². The van der Waals surface area contributed by atoms with Crippen molar-refractivity contribution in [1.29, 1.82) is 0 Å². The minimum Gasteiger partial charge on any atom is -0.481 e. The smallest absolute Gasteiger partial charge is 0.416 e. The minimum absolute atomic E-state index is 0.0493. The summed E-state index contributed by atoms with van der Waals surface area (Å²) in [5, 5.41) is 14.5. The quantitative estimate of drug-likeness (QED) is 0.0272. The Morgan fingerprint density at radius 1 is 0.733 bits per heavy atom. The molecule has 0 bridgehead atoms. The highest BCUT2D eigenvalue weighted by Crippen LogP contribution is 2.37. The van der Waals surface area contributed by atoms with Gasteiger partial charge in [-0.2, -0.15) is 59.7 Å². The number of esters is 2. The van der Waals surface area contributed by atoms with E-state index in [1.54, 1.807) is 9.44 Å². The molecule has 38 heteroatoms. The third-order valence-corrected chi connectivity index (χ3v) is 13.0. The van der Waals surface area contributed by atoms with E-state index >= 15 is 0 Å². The molecule has 0 spiro atoms. The summed E-state index contributed by atoms with van der Waals surface area (Å²) in [6.45, 7) is 2.33. The maximum absolute atomic E-state index is 12.7. The van der Waals surface area contributed by atoms with Crippen molar-refractivity contribution in [1.82, 2.24) is 44.2 Å². The van der Waals surface area contributed by atoms with Crippen molar-refractivity contribution >= 4 is 79.1 Å². The highest BCUT2D eigenvalue weighted by atomic mass is 35.5. The van der Waals surface area contributed by atoms with Crippen molar-refractivity contribution < 1.29 is 100 Å². The lowest BCUT2D eigenvalue weighted by molar-refractivity contribution is -0.385. The molecule has 0 saturated carbocycles. The zero-order chi connectivity index (χ0) is 64.3. The molecule has 0 saturated heterocycles. The van der Waals surface area contributed by atoms with Crippen LogP contribution >= 0.6 is 11.6 Å². The summed E-state index contributed by atoms with van der Waals surface area (Å²) in [6.07, 6.45) is -9.61. The third-order valence-electron chi connectivity index (χ3n) is 10.0. The number of methoxy groups -OCH3 is 3. The number of nitrogens with zero attached hydrogens (tertiary/aromatic N) is 8. The second-order valence-electron chi connectivity index (χ2n) is 16.4. The number of aromatic nitrogens is 6. The number of sulfonamides is 2. The second-order valence-corrected chi connectivity index (χ2v) is 20.1. The van der Waals surface area contributed by atoms with Crippen LogP contribution in [0, 0.1) is 17.0 Å². The lowest BCUT2D eigenvalue weighted by atomic mass is 10.1. The van der Waals surface area contributed by atoms with Crippen LogP contribution in [0.4, 0.5) is 53.5 Å². The fourth-order valence-corrected chi connectivity index (χ4v) is 8.76. The fourth-order valence-electron chi connectivity index (χ4n) is 6.33. The first-order chi connectivity index (χ1) is 40.2. The van der Waals surface area contributed by atoms with E-state index in [0.717, 1.165) is 36.4 Å². The predicted octanol–water partition coefficient (Wildman–Crippen LogP) is 7.07. The van der Waals surface area contributed by atoms with Crippen molar-refractivity contribution in [2.45, 2.75) is 49.0 Å². The number of anilines is 2. The summed E-state index contributed by atoms with van der Waals surface area (Å²) in [5.74, 6) is -3.07. The molecular formula is C48H47ClF6N12O17S2. The van der Waals surface area contributed by atoms with Gasteiger partial charge < -0.3 is 33.3 Å². The van der Waals surface area contributed by atoms with Gasteiger partial charge in [0.1, 0.15) is 22.9 Å². The number of alkyl halides is 6. The van der Waals surface area contributed by atoms with Gasteiger partial charge in [-0.25, -0.2) is 42.0 Å². The Morgan fingerprint density at radius 3 is 1.91 bits per heavy atom. The van der Waals surface area contributed by atoms with Gasteiger partial charge in [-0.3, -0.25) is 25.5 Å². The number of nitro benzene ring substituents is 1. The van der Waals surface area contributed by atoms with Crippen LogP contribution < -0.4 is 39.0 Å².